The fourth-order valence-electron chi connectivity index (χ4n) is 3.97. The van der Waals surface area contributed by atoms with E-state index in [4.69, 9.17) is 14.2 Å². The van der Waals surface area contributed by atoms with Gasteiger partial charge in [0, 0.05) is 35.6 Å². The minimum Gasteiger partial charge on any atom is -0.508 e. The second-order valence-electron chi connectivity index (χ2n) is 7.13. The zero-order valence-corrected chi connectivity index (χ0v) is 14.1. The molecule has 2 heterocycles. The first-order chi connectivity index (χ1) is 12.0. The van der Waals surface area contributed by atoms with Gasteiger partial charge in [0.05, 0.1) is 19.3 Å². The van der Waals surface area contributed by atoms with Gasteiger partial charge in [0.15, 0.2) is 5.78 Å². The van der Waals surface area contributed by atoms with Crippen LogP contribution in [0.5, 0.6) is 17.2 Å². The van der Waals surface area contributed by atoms with Crippen molar-refractivity contribution >= 4 is 5.78 Å². The van der Waals surface area contributed by atoms with Crippen molar-refractivity contribution in [2.24, 2.45) is 0 Å². The predicted molar refractivity (Wildman–Crippen MR) is 89.8 cm³/mol. The van der Waals surface area contributed by atoms with Crippen molar-refractivity contribution in [2.75, 3.05) is 13.7 Å². The maximum Gasteiger partial charge on any atom is 0.197 e. The van der Waals surface area contributed by atoms with E-state index in [1.807, 2.05) is 13.0 Å². The highest BCUT2D eigenvalue weighted by Crippen LogP contribution is 2.48. The van der Waals surface area contributed by atoms with Gasteiger partial charge in [0.2, 0.25) is 0 Å². The normalized spacial score (nSPS) is 25.7. The number of phenols is 1. The number of aromatic hydroxyl groups is 1. The van der Waals surface area contributed by atoms with Gasteiger partial charge in [-0.25, -0.2) is 0 Å². The minimum atomic E-state index is -0.252. The molecule has 128 valence electrons. The number of hydrogen-bond donors (Lipinski definition) is 1. The third-order valence-electron chi connectivity index (χ3n) is 5.61. The lowest BCUT2D eigenvalue weighted by Gasteiger charge is -2.23. The third-order valence-corrected chi connectivity index (χ3v) is 5.61. The quantitative estimate of drug-likeness (QED) is 0.728. The molecule has 1 aliphatic carbocycles. The van der Waals surface area contributed by atoms with Crippen LogP contribution in [0, 0.1) is 0 Å². The van der Waals surface area contributed by atoms with Crippen molar-refractivity contribution < 1.29 is 24.1 Å². The van der Waals surface area contributed by atoms with Gasteiger partial charge >= 0.3 is 0 Å². The Hall–Kier alpha value is -2.53. The van der Waals surface area contributed by atoms with E-state index < -0.39 is 0 Å². The molecule has 1 fully saturated rings. The van der Waals surface area contributed by atoms with Crippen molar-refractivity contribution in [1.82, 2.24) is 0 Å². The lowest BCUT2D eigenvalue weighted by Crippen LogP contribution is -2.30. The first kappa shape index (κ1) is 14.8. The summed E-state index contributed by atoms with van der Waals surface area (Å²) in [6, 6.07) is 6.88. The van der Waals surface area contributed by atoms with Crippen LogP contribution in [0.15, 0.2) is 24.3 Å². The number of methoxy groups -OCH3 is 1. The third kappa shape index (κ3) is 1.96. The first-order valence-electron chi connectivity index (χ1n) is 8.41. The van der Waals surface area contributed by atoms with Crippen molar-refractivity contribution in [2.45, 2.75) is 31.5 Å². The fourth-order valence-corrected chi connectivity index (χ4v) is 3.97. The number of rotatable bonds is 2. The van der Waals surface area contributed by atoms with Crippen LogP contribution in [-0.4, -0.2) is 36.3 Å². The Morgan fingerprint density at radius 3 is 2.80 bits per heavy atom. The maximum atomic E-state index is 13.1. The van der Waals surface area contributed by atoms with Gasteiger partial charge in [-0.1, -0.05) is 12.1 Å². The van der Waals surface area contributed by atoms with Gasteiger partial charge in [0.1, 0.15) is 29.0 Å². The van der Waals surface area contributed by atoms with Crippen LogP contribution in [0.3, 0.4) is 0 Å². The van der Waals surface area contributed by atoms with Crippen LogP contribution in [-0.2, 0) is 17.6 Å². The molecule has 0 radical (unpaired) electrons. The lowest BCUT2D eigenvalue weighted by atomic mass is 9.80. The Morgan fingerprint density at radius 2 is 2.08 bits per heavy atom. The molecular weight excluding hydrogens is 320 g/mol. The molecule has 0 bridgehead atoms. The van der Waals surface area contributed by atoms with Gasteiger partial charge in [-0.05, 0) is 18.6 Å². The first-order valence-corrected chi connectivity index (χ1v) is 8.41. The molecule has 3 aliphatic rings. The second-order valence-corrected chi connectivity index (χ2v) is 7.13. The molecule has 0 saturated carbocycles. The van der Waals surface area contributed by atoms with Crippen LogP contribution >= 0.6 is 0 Å². The molecule has 0 spiro atoms. The number of carbonyl (C=O) groups is 1. The monoisotopic (exact) mass is 338 g/mol. The average molecular weight is 338 g/mol. The van der Waals surface area contributed by atoms with Crippen LogP contribution in [0.25, 0.3) is 0 Å². The number of hydrogen-bond acceptors (Lipinski definition) is 5. The van der Waals surface area contributed by atoms with Crippen LogP contribution in [0.2, 0.25) is 0 Å². The van der Waals surface area contributed by atoms with E-state index in [2.05, 4.69) is 0 Å². The Labute approximate surface area is 145 Å². The lowest BCUT2D eigenvalue weighted by molar-refractivity contribution is 0.103. The molecule has 0 aromatic heterocycles. The summed E-state index contributed by atoms with van der Waals surface area (Å²) < 4.78 is 17.2. The van der Waals surface area contributed by atoms with Gasteiger partial charge < -0.3 is 19.3 Å². The summed E-state index contributed by atoms with van der Waals surface area (Å²) in [7, 11) is 1.56. The van der Waals surface area contributed by atoms with E-state index in [1.165, 1.54) is 0 Å². The van der Waals surface area contributed by atoms with Crippen LogP contribution < -0.4 is 9.47 Å². The molecule has 1 N–H and O–H groups in total. The average Bonchev–Trinajstić information content (AvgIpc) is 3.20. The standard InChI is InChI=1S/C20H18O5/c1-20(9-24-20)17-7-12-13-6-11-10(4-3-5-14(11)21)19(22)18(13)16(23-2)8-15(12)25-17/h3-5,8,17,21H,6-7,9H2,1-2H3/t17-,20+/m1/s1. The molecule has 2 atom stereocenters. The molecule has 2 aromatic carbocycles. The number of benzene rings is 2. The van der Waals surface area contributed by atoms with Gasteiger partial charge in [-0.2, -0.15) is 0 Å². The summed E-state index contributed by atoms with van der Waals surface area (Å²) in [5, 5.41) is 10.2. The van der Waals surface area contributed by atoms with Gasteiger partial charge in [-0.15, -0.1) is 0 Å². The maximum absolute atomic E-state index is 13.1. The smallest absolute Gasteiger partial charge is 0.197 e. The van der Waals surface area contributed by atoms with E-state index in [9.17, 15) is 9.90 Å². The molecule has 5 heteroatoms. The number of ether oxygens (including phenoxy) is 3. The number of carbonyl (C=O) groups excluding carboxylic acids is 1. The number of fused-ring (bicyclic) bond motifs is 4. The molecule has 2 aromatic rings. The topological polar surface area (TPSA) is 68.3 Å². The fraction of sp³-hybridized carbons (Fsp3) is 0.350. The molecule has 2 aliphatic heterocycles. The van der Waals surface area contributed by atoms with Gasteiger partial charge in [-0.3, -0.25) is 4.79 Å². The SMILES string of the molecule is COc1cc2c(c3c1C(=O)c1cccc(O)c1C3)C[C@H]([C@]1(C)CO1)O2. The molecule has 25 heavy (non-hydrogen) atoms. The largest absolute Gasteiger partial charge is 0.508 e. The van der Waals surface area contributed by atoms with Crippen LogP contribution in [0.4, 0.5) is 0 Å². The summed E-state index contributed by atoms with van der Waals surface area (Å²) >= 11 is 0. The highest BCUT2D eigenvalue weighted by molar-refractivity contribution is 6.14. The second kappa shape index (κ2) is 4.76. The molecule has 5 nitrogen and oxygen atoms in total. The van der Waals surface area contributed by atoms with E-state index in [0.29, 0.717) is 41.9 Å². The Kier molecular flexibility index (Phi) is 2.82. The molecule has 0 amide bonds. The summed E-state index contributed by atoms with van der Waals surface area (Å²) in [6.07, 6.45) is 1.14. The Balaban J connectivity index is 1.69. The van der Waals surface area contributed by atoms with E-state index in [-0.39, 0.29) is 23.2 Å². The molecule has 1 saturated heterocycles. The zero-order chi connectivity index (χ0) is 17.3. The molecule has 5 rings (SSSR count). The number of phenolic OH excluding ortho intramolecular Hbond substituents is 1. The van der Waals surface area contributed by atoms with Crippen molar-refractivity contribution in [3.05, 3.63) is 52.1 Å². The van der Waals surface area contributed by atoms with Crippen LogP contribution in [0.1, 0.15) is 39.5 Å². The van der Waals surface area contributed by atoms with E-state index in [0.717, 1.165) is 16.9 Å². The highest BCUT2D eigenvalue weighted by atomic mass is 16.6. The minimum absolute atomic E-state index is 0.0559. The van der Waals surface area contributed by atoms with E-state index >= 15 is 0 Å². The molecular formula is C20H18O5. The zero-order valence-electron chi connectivity index (χ0n) is 14.1. The highest BCUT2D eigenvalue weighted by Gasteiger charge is 2.52. The van der Waals surface area contributed by atoms with Crippen molar-refractivity contribution in [3.8, 4) is 17.2 Å². The summed E-state index contributed by atoms with van der Waals surface area (Å²) in [4.78, 5) is 13.1. The van der Waals surface area contributed by atoms with Crippen molar-refractivity contribution in [1.29, 1.82) is 0 Å². The summed E-state index contributed by atoms with van der Waals surface area (Å²) in [5.41, 5.74) is 3.48. The van der Waals surface area contributed by atoms with Gasteiger partial charge in [0.25, 0.3) is 0 Å². The Bertz CT molecular complexity index is 926. The number of ketones is 1. The summed E-state index contributed by atoms with van der Waals surface area (Å²) in [6.45, 7) is 2.73. The Morgan fingerprint density at radius 1 is 1.28 bits per heavy atom. The number of epoxide rings is 1. The summed E-state index contributed by atoms with van der Waals surface area (Å²) in [5.74, 6) is 1.32. The molecule has 0 unspecified atom stereocenters. The van der Waals surface area contributed by atoms with Crippen molar-refractivity contribution in [3.63, 3.8) is 0 Å². The predicted octanol–water partition coefficient (Wildman–Crippen LogP) is 2.63. The van der Waals surface area contributed by atoms with E-state index in [1.54, 1.807) is 25.3 Å².